The van der Waals surface area contributed by atoms with Crippen LogP contribution in [0.25, 0.3) is 6.08 Å². The third-order valence-electron chi connectivity index (χ3n) is 3.81. The van der Waals surface area contributed by atoms with E-state index in [2.05, 4.69) is 11.6 Å². The summed E-state index contributed by atoms with van der Waals surface area (Å²) >= 11 is 7.79. The molecule has 1 aromatic carbocycles. The van der Waals surface area contributed by atoms with Crippen LogP contribution in [0.15, 0.2) is 47.2 Å². The van der Waals surface area contributed by atoms with Gasteiger partial charge in [0.2, 0.25) is 5.91 Å². The van der Waals surface area contributed by atoms with Crippen LogP contribution in [0.1, 0.15) is 12.6 Å². The van der Waals surface area contributed by atoms with Crippen LogP contribution < -0.4 is 9.64 Å². The van der Waals surface area contributed by atoms with Gasteiger partial charge in [0, 0.05) is 18.8 Å². The lowest BCUT2D eigenvalue weighted by atomic mass is 10.3. The number of amides is 2. The van der Waals surface area contributed by atoms with Crippen molar-refractivity contribution >= 4 is 68.3 Å². The van der Waals surface area contributed by atoms with Crippen molar-refractivity contribution in [2.45, 2.75) is 6.92 Å². The maximum atomic E-state index is 12.4. The van der Waals surface area contributed by atoms with Gasteiger partial charge in [-0.25, -0.2) is 4.98 Å². The van der Waals surface area contributed by atoms with Crippen LogP contribution in [0.2, 0.25) is 0 Å². The van der Waals surface area contributed by atoms with E-state index in [9.17, 15) is 9.59 Å². The number of thiocarbonyl (C=S) groups is 1. The number of aromatic nitrogens is 1. The smallest absolute Gasteiger partial charge is 0.266 e. The number of nitrogens with zero attached hydrogens (tertiary/aromatic N) is 3. The lowest BCUT2D eigenvalue weighted by Crippen LogP contribution is -2.27. The fourth-order valence-corrected chi connectivity index (χ4v) is 4.63. The van der Waals surface area contributed by atoms with E-state index in [1.165, 1.54) is 39.8 Å². The Bertz CT molecular complexity index is 966. The largest absolute Gasteiger partial charge is 0.497 e. The SMILES string of the molecule is C=CCN1C(=O)/C(=C\c2csc(N(C(C)=O)c3ccc(OC)cc3)n2)SC1=S. The molecule has 1 saturated heterocycles. The summed E-state index contributed by atoms with van der Waals surface area (Å²) < 4.78 is 5.65. The van der Waals surface area contributed by atoms with Gasteiger partial charge >= 0.3 is 0 Å². The molecule has 0 saturated carbocycles. The average molecular weight is 432 g/mol. The number of anilines is 2. The Morgan fingerprint density at radius 2 is 2.11 bits per heavy atom. The number of thiazole rings is 1. The molecule has 6 nitrogen and oxygen atoms in total. The normalized spacial score (nSPS) is 15.2. The number of thioether (sulfide) groups is 1. The molecule has 2 aromatic rings. The Labute approximate surface area is 176 Å². The molecule has 3 rings (SSSR count). The van der Waals surface area contributed by atoms with Crippen LogP contribution in [-0.2, 0) is 9.59 Å². The van der Waals surface area contributed by atoms with Gasteiger partial charge in [-0.05, 0) is 30.3 Å². The summed E-state index contributed by atoms with van der Waals surface area (Å²) in [7, 11) is 1.59. The summed E-state index contributed by atoms with van der Waals surface area (Å²) in [6.07, 6.45) is 3.32. The maximum Gasteiger partial charge on any atom is 0.266 e. The molecule has 0 atom stereocenters. The number of benzene rings is 1. The second-order valence-electron chi connectivity index (χ2n) is 5.69. The predicted molar refractivity (Wildman–Crippen MR) is 118 cm³/mol. The minimum Gasteiger partial charge on any atom is -0.497 e. The first kappa shape index (κ1) is 20.2. The quantitative estimate of drug-likeness (QED) is 0.388. The summed E-state index contributed by atoms with van der Waals surface area (Å²) in [5, 5.41) is 2.32. The van der Waals surface area contributed by atoms with Gasteiger partial charge in [-0.2, -0.15) is 0 Å². The van der Waals surface area contributed by atoms with E-state index < -0.39 is 0 Å². The predicted octanol–water partition coefficient (Wildman–Crippen LogP) is 4.22. The lowest BCUT2D eigenvalue weighted by molar-refractivity contribution is -0.121. The van der Waals surface area contributed by atoms with Crippen molar-refractivity contribution in [3.63, 3.8) is 0 Å². The van der Waals surface area contributed by atoms with Crippen molar-refractivity contribution in [1.29, 1.82) is 0 Å². The van der Waals surface area contributed by atoms with E-state index in [1.807, 2.05) is 0 Å². The van der Waals surface area contributed by atoms with E-state index in [4.69, 9.17) is 17.0 Å². The first-order chi connectivity index (χ1) is 13.4. The molecule has 2 heterocycles. The summed E-state index contributed by atoms with van der Waals surface area (Å²) in [4.78, 5) is 32.7. The van der Waals surface area contributed by atoms with Gasteiger partial charge in [0.1, 0.15) is 10.1 Å². The van der Waals surface area contributed by atoms with E-state index in [0.717, 1.165) is 0 Å². The van der Waals surface area contributed by atoms with E-state index in [-0.39, 0.29) is 11.8 Å². The summed E-state index contributed by atoms with van der Waals surface area (Å²) in [5.74, 6) is 0.375. The third kappa shape index (κ3) is 4.16. The fourth-order valence-electron chi connectivity index (χ4n) is 2.52. The van der Waals surface area contributed by atoms with Crippen molar-refractivity contribution in [3.05, 3.63) is 52.9 Å². The average Bonchev–Trinajstić information content (AvgIpc) is 3.22. The molecular formula is C19H17N3O3S3. The molecule has 0 radical (unpaired) electrons. The minimum atomic E-state index is -0.164. The zero-order valence-electron chi connectivity index (χ0n) is 15.2. The van der Waals surface area contributed by atoms with Gasteiger partial charge < -0.3 is 4.74 Å². The van der Waals surface area contributed by atoms with Crippen LogP contribution in [-0.4, -0.2) is 39.7 Å². The molecule has 144 valence electrons. The molecule has 28 heavy (non-hydrogen) atoms. The van der Waals surface area contributed by atoms with Gasteiger partial charge in [0.25, 0.3) is 5.91 Å². The number of ether oxygens (including phenoxy) is 1. The van der Waals surface area contributed by atoms with E-state index in [1.54, 1.807) is 48.9 Å². The molecule has 0 bridgehead atoms. The van der Waals surface area contributed by atoms with Gasteiger partial charge in [0.15, 0.2) is 5.13 Å². The van der Waals surface area contributed by atoms with Gasteiger partial charge in [-0.1, -0.05) is 30.1 Å². The third-order valence-corrected chi connectivity index (χ3v) is 6.03. The first-order valence-electron chi connectivity index (χ1n) is 8.21. The minimum absolute atomic E-state index is 0.164. The molecule has 1 fully saturated rings. The summed E-state index contributed by atoms with van der Waals surface area (Å²) in [6.45, 7) is 5.50. The van der Waals surface area contributed by atoms with Crippen molar-refractivity contribution in [3.8, 4) is 5.75 Å². The topological polar surface area (TPSA) is 62.7 Å². The molecule has 1 aliphatic heterocycles. The molecule has 2 amide bonds. The number of rotatable bonds is 6. The fraction of sp³-hybridized carbons (Fsp3) is 0.158. The Hall–Kier alpha value is -2.49. The molecular weight excluding hydrogens is 414 g/mol. The van der Waals surface area contributed by atoms with Gasteiger partial charge in [0.05, 0.1) is 23.4 Å². The Balaban J connectivity index is 1.87. The Kier molecular flexibility index (Phi) is 6.28. The second kappa shape index (κ2) is 8.68. The van der Waals surface area contributed by atoms with Crippen LogP contribution in [0.3, 0.4) is 0 Å². The van der Waals surface area contributed by atoms with Crippen molar-refractivity contribution < 1.29 is 14.3 Å². The first-order valence-corrected chi connectivity index (χ1v) is 10.3. The second-order valence-corrected chi connectivity index (χ2v) is 8.20. The molecule has 0 unspecified atom stereocenters. The van der Waals surface area contributed by atoms with Crippen LogP contribution in [0.5, 0.6) is 5.75 Å². The van der Waals surface area contributed by atoms with Crippen molar-refractivity contribution in [2.24, 2.45) is 0 Å². The van der Waals surface area contributed by atoms with Gasteiger partial charge in [-0.15, -0.1) is 17.9 Å². The van der Waals surface area contributed by atoms with Crippen molar-refractivity contribution in [2.75, 3.05) is 18.6 Å². The van der Waals surface area contributed by atoms with Crippen molar-refractivity contribution in [1.82, 2.24) is 9.88 Å². The van der Waals surface area contributed by atoms with E-state index in [0.29, 0.717) is 38.0 Å². The Morgan fingerprint density at radius 3 is 2.71 bits per heavy atom. The number of hydrogen-bond donors (Lipinski definition) is 0. The zero-order chi connectivity index (χ0) is 20.3. The monoisotopic (exact) mass is 431 g/mol. The maximum absolute atomic E-state index is 12.4. The molecule has 0 N–H and O–H groups in total. The molecule has 9 heteroatoms. The Morgan fingerprint density at radius 1 is 1.39 bits per heavy atom. The molecule has 1 aliphatic rings. The molecule has 0 spiro atoms. The number of carbonyl (C=O) groups excluding carboxylic acids is 2. The highest BCUT2D eigenvalue weighted by Crippen LogP contribution is 2.34. The highest BCUT2D eigenvalue weighted by Gasteiger charge is 2.31. The van der Waals surface area contributed by atoms with Crippen LogP contribution >= 0.6 is 35.3 Å². The number of methoxy groups -OCH3 is 1. The zero-order valence-corrected chi connectivity index (χ0v) is 17.7. The van der Waals surface area contributed by atoms with E-state index >= 15 is 0 Å². The van der Waals surface area contributed by atoms with Gasteiger partial charge in [-0.3, -0.25) is 19.4 Å². The molecule has 0 aliphatic carbocycles. The van der Waals surface area contributed by atoms with Crippen LogP contribution in [0, 0.1) is 0 Å². The molecule has 1 aromatic heterocycles. The van der Waals surface area contributed by atoms with Crippen LogP contribution in [0.4, 0.5) is 10.8 Å². The summed E-state index contributed by atoms with van der Waals surface area (Å²) in [6, 6.07) is 7.15. The highest BCUT2D eigenvalue weighted by molar-refractivity contribution is 8.26. The lowest BCUT2D eigenvalue weighted by Gasteiger charge is -2.18. The number of carbonyl (C=O) groups is 2. The standard InChI is InChI=1S/C19H17N3O3S3/c1-4-9-21-17(24)16(28-19(21)26)10-13-11-27-18(20-13)22(12(2)23)14-5-7-15(25-3)8-6-14/h4-8,10-11H,1,9H2,2-3H3/b16-10+. The summed E-state index contributed by atoms with van der Waals surface area (Å²) in [5.41, 5.74) is 1.28. The highest BCUT2D eigenvalue weighted by atomic mass is 32.2. The number of hydrogen-bond acceptors (Lipinski definition) is 7.